The van der Waals surface area contributed by atoms with Gasteiger partial charge in [0.2, 0.25) is 0 Å². The Bertz CT molecular complexity index is 246. The Morgan fingerprint density at radius 2 is 2.19 bits per heavy atom. The Morgan fingerprint density at radius 1 is 1.56 bits per heavy atom. The predicted octanol–water partition coefficient (Wildman–Crippen LogP) is 2.12. The maximum atomic E-state index is 11.9. The van der Waals surface area contributed by atoms with Crippen molar-refractivity contribution < 1.29 is 9.53 Å². The molecule has 0 radical (unpaired) electrons. The number of carbonyl (C=O) groups is 1. The Balaban J connectivity index is 2.54. The molecule has 1 amide bonds. The first-order valence-corrected chi connectivity index (χ1v) is 6.05. The number of hydrogen-bond acceptors (Lipinski definition) is 3. The highest BCUT2D eigenvalue weighted by atomic mass is 16.6. The van der Waals surface area contributed by atoms with E-state index in [1.54, 1.807) is 0 Å². The average Bonchev–Trinajstić information content (AvgIpc) is 2.47. The van der Waals surface area contributed by atoms with Crippen LogP contribution in [-0.2, 0) is 4.74 Å². The topological polar surface area (TPSA) is 55.6 Å². The third-order valence-corrected chi connectivity index (χ3v) is 2.65. The van der Waals surface area contributed by atoms with Crippen molar-refractivity contribution in [2.24, 2.45) is 5.73 Å². The zero-order valence-corrected chi connectivity index (χ0v) is 10.8. The third-order valence-electron chi connectivity index (χ3n) is 2.65. The summed E-state index contributed by atoms with van der Waals surface area (Å²) >= 11 is 0. The molecule has 1 aliphatic rings. The van der Waals surface area contributed by atoms with Gasteiger partial charge in [-0.15, -0.1) is 0 Å². The number of rotatable bonds is 2. The number of amides is 1. The molecule has 1 rings (SSSR count). The van der Waals surface area contributed by atoms with Gasteiger partial charge in [-0.2, -0.15) is 0 Å². The number of nitrogens with two attached hydrogens (primary N) is 1. The highest BCUT2D eigenvalue weighted by Gasteiger charge is 2.32. The van der Waals surface area contributed by atoms with E-state index in [-0.39, 0.29) is 18.2 Å². The molecule has 2 N–H and O–H groups in total. The molecule has 0 spiro atoms. The molecule has 0 bridgehead atoms. The summed E-state index contributed by atoms with van der Waals surface area (Å²) in [6, 6.07) is 0.392. The van der Waals surface area contributed by atoms with Crippen molar-refractivity contribution in [3.8, 4) is 0 Å². The maximum absolute atomic E-state index is 11.9. The van der Waals surface area contributed by atoms with Crippen molar-refractivity contribution in [2.75, 3.05) is 6.54 Å². The number of ether oxygens (including phenoxy) is 1. The van der Waals surface area contributed by atoms with Crippen LogP contribution < -0.4 is 5.73 Å². The van der Waals surface area contributed by atoms with Gasteiger partial charge in [0, 0.05) is 18.6 Å². The second-order valence-electron chi connectivity index (χ2n) is 5.68. The van der Waals surface area contributed by atoms with E-state index in [1.165, 1.54) is 0 Å². The summed E-state index contributed by atoms with van der Waals surface area (Å²) in [4.78, 5) is 13.7. The molecule has 0 aliphatic carbocycles. The van der Waals surface area contributed by atoms with Crippen LogP contribution in [-0.4, -0.2) is 35.2 Å². The fraction of sp³-hybridized carbons (Fsp3) is 0.917. The zero-order valence-electron chi connectivity index (χ0n) is 10.8. The minimum Gasteiger partial charge on any atom is -0.444 e. The van der Waals surface area contributed by atoms with E-state index < -0.39 is 5.60 Å². The van der Waals surface area contributed by atoms with Gasteiger partial charge in [0.15, 0.2) is 0 Å². The predicted molar refractivity (Wildman–Crippen MR) is 64.2 cm³/mol. The second-order valence-corrected chi connectivity index (χ2v) is 5.68. The fourth-order valence-corrected chi connectivity index (χ4v) is 2.07. The van der Waals surface area contributed by atoms with Gasteiger partial charge in [-0.1, -0.05) is 0 Å². The molecule has 4 heteroatoms. The van der Waals surface area contributed by atoms with Gasteiger partial charge in [-0.25, -0.2) is 4.79 Å². The SMILES string of the molecule is CC(N)CC1CCCN1C(=O)OC(C)(C)C. The van der Waals surface area contributed by atoms with Crippen LogP contribution in [0.25, 0.3) is 0 Å². The van der Waals surface area contributed by atoms with Gasteiger partial charge in [-0.05, 0) is 47.0 Å². The molecular weight excluding hydrogens is 204 g/mol. The van der Waals surface area contributed by atoms with Crippen molar-refractivity contribution in [3.63, 3.8) is 0 Å². The van der Waals surface area contributed by atoms with Gasteiger partial charge in [-0.3, -0.25) is 0 Å². The Labute approximate surface area is 98.1 Å². The van der Waals surface area contributed by atoms with Crippen LogP contribution in [0.3, 0.4) is 0 Å². The molecule has 2 atom stereocenters. The first-order valence-electron chi connectivity index (χ1n) is 6.05. The summed E-state index contributed by atoms with van der Waals surface area (Å²) in [5.41, 5.74) is 5.36. The van der Waals surface area contributed by atoms with E-state index in [1.807, 2.05) is 32.6 Å². The van der Waals surface area contributed by atoms with E-state index in [0.29, 0.717) is 0 Å². The average molecular weight is 228 g/mol. The maximum Gasteiger partial charge on any atom is 0.410 e. The molecule has 0 aromatic rings. The lowest BCUT2D eigenvalue weighted by Gasteiger charge is -2.29. The second kappa shape index (κ2) is 5.04. The summed E-state index contributed by atoms with van der Waals surface area (Å²) < 4.78 is 5.38. The van der Waals surface area contributed by atoms with Crippen LogP contribution in [0.4, 0.5) is 4.79 Å². The highest BCUT2D eigenvalue weighted by molar-refractivity contribution is 5.68. The van der Waals surface area contributed by atoms with Crippen molar-refractivity contribution in [3.05, 3.63) is 0 Å². The third kappa shape index (κ3) is 4.00. The quantitative estimate of drug-likeness (QED) is 0.787. The van der Waals surface area contributed by atoms with Gasteiger partial charge >= 0.3 is 6.09 Å². The molecule has 4 nitrogen and oxygen atoms in total. The molecule has 2 unspecified atom stereocenters. The molecule has 16 heavy (non-hydrogen) atoms. The summed E-state index contributed by atoms with van der Waals surface area (Å²) in [5, 5.41) is 0. The number of carbonyl (C=O) groups excluding carboxylic acids is 1. The van der Waals surface area contributed by atoms with E-state index in [9.17, 15) is 4.79 Å². The summed E-state index contributed by atoms with van der Waals surface area (Å²) in [6.45, 7) is 8.45. The van der Waals surface area contributed by atoms with E-state index in [4.69, 9.17) is 10.5 Å². The minimum atomic E-state index is -0.418. The van der Waals surface area contributed by atoms with E-state index >= 15 is 0 Å². The Hall–Kier alpha value is -0.770. The van der Waals surface area contributed by atoms with Gasteiger partial charge in [0.1, 0.15) is 5.60 Å². The van der Waals surface area contributed by atoms with E-state index in [2.05, 4.69) is 0 Å². The number of hydrogen-bond donors (Lipinski definition) is 1. The van der Waals surface area contributed by atoms with Crippen molar-refractivity contribution in [2.45, 2.75) is 64.6 Å². The lowest BCUT2D eigenvalue weighted by Crippen LogP contribution is -2.41. The Kier molecular flexibility index (Phi) is 4.19. The molecule has 0 aromatic carbocycles. The fourth-order valence-electron chi connectivity index (χ4n) is 2.07. The van der Waals surface area contributed by atoms with Crippen LogP contribution in [0.1, 0.15) is 47.0 Å². The number of nitrogens with zero attached hydrogens (tertiary/aromatic N) is 1. The van der Waals surface area contributed by atoms with Crippen LogP contribution in [0, 0.1) is 0 Å². The zero-order chi connectivity index (χ0) is 12.3. The van der Waals surface area contributed by atoms with Crippen molar-refractivity contribution in [1.29, 1.82) is 0 Å². The number of likely N-dealkylation sites (tertiary alicyclic amines) is 1. The molecule has 0 aromatic heterocycles. The smallest absolute Gasteiger partial charge is 0.410 e. The molecular formula is C12H24N2O2. The first kappa shape index (κ1) is 13.3. The van der Waals surface area contributed by atoms with Gasteiger partial charge in [0.25, 0.3) is 0 Å². The van der Waals surface area contributed by atoms with E-state index in [0.717, 1.165) is 25.8 Å². The molecule has 1 aliphatic heterocycles. The normalized spacial score (nSPS) is 23.3. The minimum absolute atomic E-state index is 0.132. The van der Waals surface area contributed by atoms with Gasteiger partial charge < -0.3 is 15.4 Å². The highest BCUT2D eigenvalue weighted by Crippen LogP contribution is 2.23. The molecule has 1 fully saturated rings. The standard InChI is InChI=1S/C12H24N2O2/c1-9(13)8-10-6-5-7-14(10)11(15)16-12(2,3)4/h9-10H,5-8,13H2,1-4H3. The summed E-state index contributed by atoms with van der Waals surface area (Å²) in [7, 11) is 0. The largest absolute Gasteiger partial charge is 0.444 e. The Morgan fingerprint density at radius 3 is 2.69 bits per heavy atom. The summed E-state index contributed by atoms with van der Waals surface area (Å²) in [6.07, 6.45) is 2.76. The monoisotopic (exact) mass is 228 g/mol. The summed E-state index contributed by atoms with van der Waals surface area (Å²) in [5.74, 6) is 0. The van der Waals surface area contributed by atoms with Crippen molar-refractivity contribution >= 4 is 6.09 Å². The van der Waals surface area contributed by atoms with Gasteiger partial charge in [0.05, 0.1) is 0 Å². The first-order chi connectivity index (χ1) is 7.29. The molecule has 1 heterocycles. The van der Waals surface area contributed by atoms with Crippen molar-refractivity contribution in [1.82, 2.24) is 4.90 Å². The van der Waals surface area contributed by atoms with Crippen LogP contribution in [0.2, 0.25) is 0 Å². The van der Waals surface area contributed by atoms with Crippen LogP contribution >= 0.6 is 0 Å². The molecule has 94 valence electrons. The molecule has 1 saturated heterocycles. The lowest BCUT2D eigenvalue weighted by atomic mass is 10.1. The molecule has 0 saturated carbocycles. The van der Waals surface area contributed by atoms with Crippen LogP contribution in [0.5, 0.6) is 0 Å². The lowest BCUT2D eigenvalue weighted by molar-refractivity contribution is 0.0217. The van der Waals surface area contributed by atoms with Crippen LogP contribution in [0.15, 0.2) is 0 Å².